The van der Waals surface area contributed by atoms with Gasteiger partial charge >= 0.3 is 7.12 Å². The molecule has 22 heavy (non-hydrogen) atoms. The second-order valence-corrected chi connectivity index (χ2v) is 7.27. The van der Waals surface area contributed by atoms with Gasteiger partial charge in [0.1, 0.15) is 0 Å². The van der Waals surface area contributed by atoms with E-state index in [4.69, 9.17) is 9.31 Å². The number of nitrogens with one attached hydrogen (secondary N) is 1. The Labute approximate surface area is 133 Å². The van der Waals surface area contributed by atoms with E-state index in [9.17, 15) is 4.79 Å². The van der Waals surface area contributed by atoms with Gasteiger partial charge in [0.2, 0.25) is 5.91 Å². The second-order valence-electron chi connectivity index (χ2n) is 7.27. The van der Waals surface area contributed by atoms with E-state index < -0.39 is 0 Å². The van der Waals surface area contributed by atoms with Crippen molar-refractivity contribution in [1.29, 1.82) is 0 Å². The van der Waals surface area contributed by atoms with E-state index in [-0.39, 0.29) is 24.2 Å². The zero-order chi connectivity index (χ0) is 16.7. The third-order valence-corrected chi connectivity index (χ3v) is 4.53. The quantitative estimate of drug-likeness (QED) is 0.873. The summed E-state index contributed by atoms with van der Waals surface area (Å²) in [7, 11) is -0.381. The standard InChI is InChI=1S/C17H26BNO3/c1-11(2)14-10-13(8-9-15(14)19-12(3)20)18-21-16(4,5)17(6,7)22-18/h8-11H,1-7H3,(H,19,20). The van der Waals surface area contributed by atoms with Gasteiger partial charge < -0.3 is 14.6 Å². The second kappa shape index (κ2) is 5.71. The first kappa shape index (κ1) is 17.0. The Hall–Kier alpha value is -1.33. The summed E-state index contributed by atoms with van der Waals surface area (Å²) in [5.74, 6) is 0.231. The molecule has 1 aliphatic heterocycles. The first-order valence-corrected chi connectivity index (χ1v) is 7.80. The lowest BCUT2D eigenvalue weighted by molar-refractivity contribution is -0.114. The van der Waals surface area contributed by atoms with Crippen LogP contribution < -0.4 is 10.8 Å². The zero-order valence-corrected chi connectivity index (χ0v) is 14.6. The van der Waals surface area contributed by atoms with Crippen molar-refractivity contribution in [2.24, 2.45) is 0 Å². The summed E-state index contributed by atoms with van der Waals surface area (Å²) in [6.07, 6.45) is 0. The number of hydrogen-bond donors (Lipinski definition) is 1. The molecule has 1 N–H and O–H groups in total. The maximum absolute atomic E-state index is 11.3. The Morgan fingerprint density at radius 2 is 1.68 bits per heavy atom. The van der Waals surface area contributed by atoms with Gasteiger partial charge in [-0.05, 0) is 50.7 Å². The first-order valence-electron chi connectivity index (χ1n) is 7.80. The first-order chi connectivity index (χ1) is 10.0. The van der Waals surface area contributed by atoms with Crippen LogP contribution in [-0.4, -0.2) is 24.2 Å². The number of anilines is 1. The highest BCUT2D eigenvalue weighted by atomic mass is 16.7. The number of benzene rings is 1. The number of rotatable bonds is 3. The molecule has 2 rings (SSSR count). The van der Waals surface area contributed by atoms with Gasteiger partial charge in [-0.3, -0.25) is 4.79 Å². The molecule has 0 unspecified atom stereocenters. The summed E-state index contributed by atoms with van der Waals surface area (Å²) in [6, 6.07) is 5.95. The molecule has 1 saturated heterocycles. The largest absolute Gasteiger partial charge is 0.494 e. The van der Waals surface area contributed by atoms with Crippen molar-refractivity contribution >= 4 is 24.2 Å². The van der Waals surface area contributed by atoms with Crippen LogP contribution in [0.3, 0.4) is 0 Å². The van der Waals surface area contributed by atoms with Crippen LogP contribution in [0, 0.1) is 0 Å². The molecule has 0 aliphatic carbocycles. The maximum Gasteiger partial charge on any atom is 0.494 e. The highest BCUT2D eigenvalue weighted by Gasteiger charge is 2.51. The number of hydrogen-bond acceptors (Lipinski definition) is 3. The topological polar surface area (TPSA) is 47.6 Å². The summed E-state index contributed by atoms with van der Waals surface area (Å²) in [5, 5.41) is 2.88. The van der Waals surface area contributed by atoms with E-state index in [1.165, 1.54) is 6.92 Å². The Morgan fingerprint density at radius 3 is 2.14 bits per heavy atom. The minimum Gasteiger partial charge on any atom is -0.399 e. The van der Waals surface area contributed by atoms with Crippen LogP contribution in [0.1, 0.15) is 59.9 Å². The van der Waals surface area contributed by atoms with Crippen molar-refractivity contribution in [1.82, 2.24) is 0 Å². The van der Waals surface area contributed by atoms with Gasteiger partial charge in [-0.25, -0.2) is 0 Å². The highest BCUT2D eigenvalue weighted by Crippen LogP contribution is 2.36. The van der Waals surface area contributed by atoms with Crippen LogP contribution in [0.25, 0.3) is 0 Å². The summed E-state index contributed by atoms with van der Waals surface area (Å²) in [6.45, 7) is 13.9. The lowest BCUT2D eigenvalue weighted by Gasteiger charge is -2.32. The van der Waals surface area contributed by atoms with Crippen molar-refractivity contribution in [3.05, 3.63) is 23.8 Å². The molecule has 1 heterocycles. The average Bonchev–Trinajstić information content (AvgIpc) is 2.57. The van der Waals surface area contributed by atoms with Crippen molar-refractivity contribution < 1.29 is 14.1 Å². The molecule has 0 radical (unpaired) electrons. The van der Waals surface area contributed by atoms with Crippen molar-refractivity contribution in [3.63, 3.8) is 0 Å². The van der Waals surface area contributed by atoms with E-state index in [0.717, 1.165) is 16.7 Å². The Balaban J connectivity index is 2.34. The Morgan fingerprint density at radius 1 is 1.14 bits per heavy atom. The van der Waals surface area contributed by atoms with Crippen LogP contribution in [0.15, 0.2) is 18.2 Å². The summed E-state index contributed by atoms with van der Waals surface area (Å²) >= 11 is 0. The molecule has 1 amide bonds. The van der Waals surface area contributed by atoms with E-state index in [0.29, 0.717) is 5.92 Å². The van der Waals surface area contributed by atoms with Gasteiger partial charge in [0.25, 0.3) is 0 Å². The average molecular weight is 303 g/mol. The normalized spacial score (nSPS) is 19.5. The van der Waals surface area contributed by atoms with Gasteiger partial charge in [0.05, 0.1) is 11.2 Å². The lowest BCUT2D eigenvalue weighted by Crippen LogP contribution is -2.41. The third-order valence-electron chi connectivity index (χ3n) is 4.53. The summed E-state index contributed by atoms with van der Waals surface area (Å²) < 4.78 is 12.2. The fraction of sp³-hybridized carbons (Fsp3) is 0.588. The SMILES string of the molecule is CC(=O)Nc1ccc(B2OC(C)(C)C(C)(C)O2)cc1C(C)C. The predicted molar refractivity (Wildman–Crippen MR) is 90.6 cm³/mol. The highest BCUT2D eigenvalue weighted by molar-refractivity contribution is 6.62. The summed E-state index contributed by atoms with van der Waals surface area (Å²) in [4.78, 5) is 11.3. The Kier molecular flexibility index (Phi) is 4.42. The molecule has 1 fully saturated rings. The molecule has 1 aromatic rings. The molecule has 0 saturated carbocycles. The van der Waals surface area contributed by atoms with Crippen LogP contribution in [-0.2, 0) is 14.1 Å². The van der Waals surface area contributed by atoms with Crippen molar-refractivity contribution in [2.75, 3.05) is 5.32 Å². The van der Waals surface area contributed by atoms with E-state index in [2.05, 4.69) is 25.2 Å². The molecule has 5 heteroatoms. The minimum atomic E-state index is -0.381. The molecule has 4 nitrogen and oxygen atoms in total. The maximum atomic E-state index is 11.3. The predicted octanol–water partition coefficient (Wildman–Crippen LogP) is 3.07. The lowest BCUT2D eigenvalue weighted by atomic mass is 9.77. The minimum absolute atomic E-state index is 0.0646. The van der Waals surface area contributed by atoms with Crippen molar-refractivity contribution in [2.45, 2.75) is 65.6 Å². The Bertz CT molecular complexity index is 565. The van der Waals surface area contributed by atoms with Crippen LogP contribution in [0.5, 0.6) is 0 Å². The van der Waals surface area contributed by atoms with Gasteiger partial charge in [-0.1, -0.05) is 26.0 Å². The van der Waals surface area contributed by atoms with E-state index >= 15 is 0 Å². The summed E-state index contributed by atoms with van der Waals surface area (Å²) in [5.41, 5.74) is 2.21. The molecule has 120 valence electrons. The fourth-order valence-corrected chi connectivity index (χ4v) is 2.49. The van der Waals surface area contributed by atoms with Gasteiger partial charge in [0, 0.05) is 12.6 Å². The molecule has 1 aliphatic rings. The van der Waals surface area contributed by atoms with Crippen LogP contribution in [0.2, 0.25) is 0 Å². The van der Waals surface area contributed by atoms with E-state index in [1.807, 2.05) is 39.8 Å². The monoisotopic (exact) mass is 303 g/mol. The van der Waals surface area contributed by atoms with Crippen LogP contribution in [0.4, 0.5) is 5.69 Å². The van der Waals surface area contributed by atoms with Gasteiger partial charge in [0.15, 0.2) is 0 Å². The molecular formula is C17H26BNO3. The smallest absolute Gasteiger partial charge is 0.399 e. The molecule has 0 atom stereocenters. The number of carbonyl (C=O) groups excluding carboxylic acids is 1. The molecule has 0 bridgehead atoms. The van der Waals surface area contributed by atoms with Crippen molar-refractivity contribution in [3.8, 4) is 0 Å². The molecule has 0 aromatic heterocycles. The molecule has 1 aromatic carbocycles. The third kappa shape index (κ3) is 3.20. The zero-order valence-electron chi connectivity index (χ0n) is 14.6. The molecule has 0 spiro atoms. The van der Waals surface area contributed by atoms with Gasteiger partial charge in [-0.2, -0.15) is 0 Å². The van der Waals surface area contributed by atoms with Gasteiger partial charge in [-0.15, -0.1) is 0 Å². The fourth-order valence-electron chi connectivity index (χ4n) is 2.49. The van der Waals surface area contributed by atoms with E-state index in [1.54, 1.807) is 0 Å². The van der Waals surface area contributed by atoms with Crippen LogP contribution >= 0.6 is 0 Å². The number of carbonyl (C=O) groups is 1. The number of amides is 1. The molecular weight excluding hydrogens is 277 g/mol.